The molecular formula is C25H26O6. The van der Waals surface area contributed by atoms with E-state index in [0.29, 0.717) is 42.4 Å². The van der Waals surface area contributed by atoms with Crippen molar-refractivity contribution in [3.05, 3.63) is 47.0 Å². The Kier molecular flexibility index (Phi) is 4.88. The molecule has 6 nitrogen and oxygen atoms in total. The van der Waals surface area contributed by atoms with Crippen LogP contribution in [0.15, 0.2) is 30.3 Å². The summed E-state index contributed by atoms with van der Waals surface area (Å²) < 4.78 is 22.8. The van der Waals surface area contributed by atoms with Crippen LogP contribution in [-0.4, -0.2) is 31.3 Å². The monoisotopic (exact) mass is 422 g/mol. The summed E-state index contributed by atoms with van der Waals surface area (Å²) in [6.45, 7) is 2.68. The quantitative estimate of drug-likeness (QED) is 0.608. The molecule has 1 heterocycles. The Morgan fingerprint density at radius 1 is 1.13 bits per heavy atom. The number of hydrogen-bond donors (Lipinski definition) is 0. The lowest BCUT2D eigenvalue weighted by atomic mass is 9.86. The molecule has 2 saturated carbocycles. The lowest BCUT2D eigenvalue weighted by Crippen LogP contribution is -2.34. The summed E-state index contributed by atoms with van der Waals surface area (Å²) in [7, 11) is 1.60. The number of rotatable bonds is 7. The predicted molar refractivity (Wildman–Crippen MR) is 113 cm³/mol. The molecule has 0 unspecified atom stereocenters. The molecule has 0 spiro atoms. The van der Waals surface area contributed by atoms with Gasteiger partial charge in [-0.1, -0.05) is 24.6 Å². The summed E-state index contributed by atoms with van der Waals surface area (Å²) in [5.74, 6) is 1.03. The summed E-state index contributed by atoms with van der Waals surface area (Å²) in [5.41, 5.74) is 3.08. The molecule has 0 aromatic heterocycles. The molecule has 6 heteroatoms. The average Bonchev–Trinajstić information content (AvgIpc) is 3.43. The van der Waals surface area contributed by atoms with Gasteiger partial charge in [0.15, 0.2) is 11.5 Å². The Hall–Kier alpha value is -3.02. The SMILES string of the molecule is COc1c(C)ccc(-c2ccc3c(c2)COC3=O)c1OC1(C(=O)OCC2CCC2)CC1. The van der Waals surface area contributed by atoms with Gasteiger partial charge in [0.25, 0.3) is 0 Å². The van der Waals surface area contributed by atoms with E-state index in [4.69, 9.17) is 18.9 Å². The van der Waals surface area contributed by atoms with Gasteiger partial charge in [-0.05, 0) is 48.9 Å². The number of methoxy groups -OCH3 is 1. The minimum absolute atomic E-state index is 0.263. The number of cyclic esters (lactones) is 1. The second-order valence-corrected chi connectivity index (χ2v) is 8.73. The van der Waals surface area contributed by atoms with Crippen LogP contribution < -0.4 is 9.47 Å². The molecule has 0 amide bonds. The van der Waals surface area contributed by atoms with E-state index in [1.165, 1.54) is 6.42 Å². The topological polar surface area (TPSA) is 71.1 Å². The highest BCUT2D eigenvalue weighted by Gasteiger charge is 2.55. The van der Waals surface area contributed by atoms with Crippen molar-refractivity contribution in [3.8, 4) is 22.6 Å². The normalized spacial score (nSPS) is 18.6. The molecule has 0 atom stereocenters. The Labute approximate surface area is 181 Å². The summed E-state index contributed by atoms with van der Waals surface area (Å²) in [5, 5.41) is 0. The van der Waals surface area contributed by atoms with Crippen molar-refractivity contribution in [1.82, 2.24) is 0 Å². The maximum Gasteiger partial charge on any atom is 0.350 e. The number of esters is 2. The van der Waals surface area contributed by atoms with Crippen LogP contribution in [0.5, 0.6) is 11.5 Å². The van der Waals surface area contributed by atoms with E-state index in [-0.39, 0.29) is 18.5 Å². The lowest BCUT2D eigenvalue weighted by molar-refractivity contribution is -0.156. The molecule has 0 radical (unpaired) electrons. The zero-order valence-electron chi connectivity index (χ0n) is 17.9. The van der Waals surface area contributed by atoms with Crippen LogP contribution >= 0.6 is 0 Å². The molecule has 5 rings (SSSR count). The first-order valence-corrected chi connectivity index (χ1v) is 10.8. The van der Waals surface area contributed by atoms with Crippen LogP contribution in [0.3, 0.4) is 0 Å². The number of benzene rings is 2. The minimum atomic E-state index is -0.949. The molecule has 0 N–H and O–H groups in total. The Morgan fingerprint density at radius 2 is 1.90 bits per heavy atom. The van der Waals surface area contributed by atoms with Crippen molar-refractivity contribution < 1.29 is 28.5 Å². The zero-order chi connectivity index (χ0) is 21.6. The fourth-order valence-corrected chi connectivity index (χ4v) is 4.19. The molecule has 2 aromatic rings. The highest BCUT2D eigenvalue weighted by atomic mass is 16.6. The van der Waals surface area contributed by atoms with Gasteiger partial charge in [-0.15, -0.1) is 0 Å². The van der Waals surface area contributed by atoms with Gasteiger partial charge in [0.1, 0.15) is 6.61 Å². The van der Waals surface area contributed by atoms with Crippen molar-refractivity contribution in [2.45, 2.75) is 51.2 Å². The summed E-state index contributed by atoms with van der Waals surface area (Å²) >= 11 is 0. The van der Waals surface area contributed by atoms with Crippen LogP contribution in [-0.2, 0) is 20.9 Å². The number of aryl methyl sites for hydroxylation is 1. The number of ether oxygens (including phenoxy) is 4. The zero-order valence-corrected chi connectivity index (χ0v) is 17.9. The summed E-state index contributed by atoms with van der Waals surface area (Å²) in [6.07, 6.45) is 4.72. The molecule has 162 valence electrons. The van der Waals surface area contributed by atoms with Gasteiger partial charge in [-0.3, -0.25) is 0 Å². The highest BCUT2D eigenvalue weighted by Crippen LogP contribution is 2.49. The van der Waals surface area contributed by atoms with Crippen LogP contribution in [0, 0.1) is 12.8 Å². The molecule has 0 bridgehead atoms. The molecule has 2 fully saturated rings. The van der Waals surface area contributed by atoms with Crippen molar-refractivity contribution >= 4 is 11.9 Å². The molecule has 0 saturated heterocycles. The number of carbonyl (C=O) groups is 2. The first kappa shape index (κ1) is 19.9. The second kappa shape index (κ2) is 7.59. The van der Waals surface area contributed by atoms with Crippen LogP contribution in [0.1, 0.15) is 53.6 Å². The van der Waals surface area contributed by atoms with E-state index in [9.17, 15) is 9.59 Å². The second-order valence-electron chi connectivity index (χ2n) is 8.73. The largest absolute Gasteiger partial charge is 0.493 e. The van der Waals surface area contributed by atoms with Gasteiger partial charge in [-0.2, -0.15) is 0 Å². The standard InChI is InChI=1S/C25H26O6/c1-15-6-8-19(17-7-9-20-18(12-17)14-29-23(20)26)22(21(15)28-2)31-25(10-11-25)24(27)30-13-16-4-3-5-16/h6-9,12,16H,3-5,10-11,13-14H2,1-2H3. The van der Waals surface area contributed by atoms with Gasteiger partial charge in [0.05, 0.1) is 19.3 Å². The average molecular weight is 422 g/mol. The van der Waals surface area contributed by atoms with Crippen molar-refractivity contribution in [3.63, 3.8) is 0 Å². The summed E-state index contributed by atoms with van der Waals surface area (Å²) in [4.78, 5) is 24.7. The molecule has 3 aliphatic rings. The highest BCUT2D eigenvalue weighted by molar-refractivity contribution is 5.94. The Morgan fingerprint density at radius 3 is 2.58 bits per heavy atom. The third kappa shape index (κ3) is 3.54. The van der Waals surface area contributed by atoms with E-state index >= 15 is 0 Å². The first-order chi connectivity index (χ1) is 15.0. The number of hydrogen-bond acceptors (Lipinski definition) is 6. The molecular weight excluding hydrogens is 396 g/mol. The summed E-state index contributed by atoms with van der Waals surface area (Å²) in [6, 6.07) is 9.51. The third-order valence-corrected chi connectivity index (χ3v) is 6.56. The Bertz CT molecular complexity index is 1050. The molecule has 1 aliphatic heterocycles. The van der Waals surface area contributed by atoms with Gasteiger partial charge in [0.2, 0.25) is 5.60 Å². The van der Waals surface area contributed by atoms with E-state index in [1.54, 1.807) is 13.2 Å². The van der Waals surface area contributed by atoms with Gasteiger partial charge in [-0.25, -0.2) is 9.59 Å². The van der Waals surface area contributed by atoms with Crippen LogP contribution in [0.4, 0.5) is 0 Å². The van der Waals surface area contributed by atoms with Gasteiger partial charge in [0, 0.05) is 24.0 Å². The van der Waals surface area contributed by atoms with E-state index in [2.05, 4.69) is 0 Å². The molecule has 31 heavy (non-hydrogen) atoms. The number of fused-ring (bicyclic) bond motifs is 1. The van der Waals surface area contributed by atoms with Crippen molar-refractivity contribution in [1.29, 1.82) is 0 Å². The van der Waals surface area contributed by atoms with E-state index in [1.807, 2.05) is 31.2 Å². The third-order valence-electron chi connectivity index (χ3n) is 6.56. The first-order valence-electron chi connectivity index (χ1n) is 10.8. The van der Waals surface area contributed by atoms with Gasteiger partial charge >= 0.3 is 11.9 Å². The Balaban J connectivity index is 1.47. The maximum absolute atomic E-state index is 12.9. The maximum atomic E-state index is 12.9. The fraction of sp³-hybridized carbons (Fsp3) is 0.440. The molecule has 2 aromatic carbocycles. The van der Waals surface area contributed by atoms with Gasteiger partial charge < -0.3 is 18.9 Å². The van der Waals surface area contributed by atoms with E-state index < -0.39 is 5.60 Å². The predicted octanol–water partition coefficient (Wildman–Crippen LogP) is 4.60. The van der Waals surface area contributed by atoms with Crippen molar-refractivity contribution in [2.24, 2.45) is 5.92 Å². The molecule has 2 aliphatic carbocycles. The minimum Gasteiger partial charge on any atom is -0.493 e. The van der Waals surface area contributed by atoms with E-state index in [0.717, 1.165) is 35.1 Å². The lowest BCUT2D eigenvalue weighted by Gasteiger charge is -2.26. The van der Waals surface area contributed by atoms with Crippen LogP contribution in [0.2, 0.25) is 0 Å². The van der Waals surface area contributed by atoms with Crippen LogP contribution in [0.25, 0.3) is 11.1 Å². The smallest absolute Gasteiger partial charge is 0.350 e. The fourth-order valence-electron chi connectivity index (χ4n) is 4.19. The van der Waals surface area contributed by atoms with Crippen molar-refractivity contribution in [2.75, 3.05) is 13.7 Å². The number of carbonyl (C=O) groups excluding carboxylic acids is 2.